The van der Waals surface area contributed by atoms with E-state index in [4.69, 9.17) is 5.73 Å². The Bertz CT molecular complexity index is 754. The lowest BCUT2D eigenvalue weighted by Crippen LogP contribution is -2.06. The van der Waals surface area contributed by atoms with E-state index in [1.807, 2.05) is 36.5 Å². The fourth-order valence-corrected chi connectivity index (χ4v) is 2.09. The molecule has 3 aromatic rings. The van der Waals surface area contributed by atoms with Gasteiger partial charge in [-0.15, -0.1) is 0 Å². The first kappa shape index (κ1) is 12.3. The van der Waals surface area contributed by atoms with Gasteiger partial charge in [-0.2, -0.15) is 4.98 Å². The number of aryl methyl sites for hydroxylation is 1. The molecule has 20 heavy (non-hydrogen) atoms. The van der Waals surface area contributed by atoms with Gasteiger partial charge in [0.1, 0.15) is 5.82 Å². The van der Waals surface area contributed by atoms with Crippen LogP contribution in [0.15, 0.2) is 42.7 Å². The molecule has 0 atom stereocenters. The Kier molecular flexibility index (Phi) is 3.16. The number of benzene rings is 1. The topological polar surface area (TPSA) is 76.7 Å². The number of nitrogens with zero attached hydrogens (tertiary/aromatic N) is 3. The Balaban J connectivity index is 1.93. The number of fused-ring (bicyclic) bond motifs is 1. The predicted octanol–water partition coefficient (Wildman–Crippen LogP) is 2.53. The normalized spacial score (nSPS) is 10.7. The average molecular weight is 265 g/mol. The second kappa shape index (κ2) is 5.13. The van der Waals surface area contributed by atoms with Crippen LogP contribution in [0.3, 0.4) is 0 Å². The maximum absolute atomic E-state index is 5.75. The molecule has 0 aliphatic carbocycles. The van der Waals surface area contributed by atoms with Gasteiger partial charge in [0, 0.05) is 24.3 Å². The molecule has 0 radical (unpaired) electrons. The van der Waals surface area contributed by atoms with E-state index < -0.39 is 0 Å². The van der Waals surface area contributed by atoms with Gasteiger partial charge in [0.25, 0.3) is 0 Å². The van der Waals surface area contributed by atoms with Crippen LogP contribution in [0.5, 0.6) is 0 Å². The highest BCUT2D eigenvalue weighted by Crippen LogP contribution is 2.21. The zero-order valence-corrected chi connectivity index (χ0v) is 11.2. The van der Waals surface area contributed by atoms with Crippen LogP contribution in [0.2, 0.25) is 0 Å². The van der Waals surface area contributed by atoms with Crippen LogP contribution in [0.1, 0.15) is 11.1 Å². The van der Waals surface area contributed by atoms with Crippen LogP contribution in [-0.4, -0.2) is 15.0 Å². The van der Waals surface area contributed by atoms with Gasteiger partial charge in [-0.25, -0.2) is 4.98 Å². The molecule has 2 heterocycles. The van der Waals surface area contributed by atoms with E-state index in [9.17, 15) is 0 Å². The molecule has 3 rings (SSSR count). The molecule has 0 fully saturated rings. The smallest absolute Gasteiger partial charge is 0.222 e. The number of anilines is 2. The molecule has 1 aromatic carbocycles. The number of rotatable bonds is 3. The van der Waals surface area contributed by atoms with Crippen LogP contribution in [0.25, 0.3) is 10.9 Å². The molecule has 2 aromatic heterocycles. The molecule has 0 amide bonds. The van der Waals surface area contributed by atoms with Crippen LogP contribution >= 0.6 is 0 Å². The Morgan fingerprint density at radius 1 is 1.15 bits per heavy atom. The van der Waals surface area contributed by atoms with E-state index in [-0.39, 0.29) is 5.95 Å². The van der Waals surface area contributed by atoms with E-state index in [1.54, 1.807) is 6.20 Å². The van der Waals surface area contributed by atoms with Crippen molar-refractivity contribution in [2.75, 3.05) is 11.1 Å². The van der Waals surface area contributed by atoms with E-state index in [2.05, 4.69) is 27.2 Å². The minimum atomic E-state index is 0.272. The van der Waals surface area contributed by atoms with Gasteiger partial charge in [-0.3, -0.25) is 4.98 Å². The third-order valence-electron chi connectivity index (χ3n) is 3.21. The maximum atomic E-state index is 5.75. The summed E-state index contributed by atoms with van der Waals surface area (Å²) < 4.78 is 0. The molecular weight excluding hydrogens is 250 g/mol. The zero-order valence-electron chi connectivity index (χ0n) is 11.2. The first-order valence-corrected chi connectivity index (χ1v) is 6.39. The highest BCUT2D eigenvalue weighted by molar-refractivity contribution is 5.89. The molecule has 0 bridgehead atoms. The summed E-state index contributed by atoms with van der Waals surface area (Å²) in [6.45, 7) is 2.71. The second-order valence-corrected chi connectivity index (χ2v) is 4.60. The molecule has 3 N–H and O–H groups in total. The molecule has 5 heteroatoms. The molecule has 0 spiro atoms. The number of hydrogen-bond acceptors (Lipinski definition) is 5. The lowest BCUT2D eigenvalue weighted by molar-refractivity contribution is 1.06. The predicted molar refractivity (Wildman–Crippen MR) is 80.3 cm³/mol. The summed E-state index contributed by atoms with van der Waals surface area (Å²) in [5.74, 6) is 1.02. The number of nitrogens with one attached hydrogen (secondary N) is 1. The zero-order chi connectivity index (χ0) is 13.9. The molecule has 100 valence electrons. The number of hydrogen-bond donors (Lipinski definition) is 2. The van der Waals surface area contributed by atoms with Gasteiger partial charge < -0.3 is 11.1 Å². The quantitative estimate of drug-likeness (QED) is 0.761. The van der Waals surface area contributed by atoms with Gasteiger partial charge in [0.05, 0.1) is 5.52 Å². The third-order valence-corrected chi connectivity index (χ3v) is 3.21. The number of para-hydroxylation sites is 1. The maximum Gasteiger partial charge on any atom is 0.222 e. The Hall–Kier alpha value is -2.69. The van der Waals surface area contributed by atoms with Crippen molar-refractivity contribution in [3.8, 4) is 0 Å². The Morgan fingerprint density at radius 3 is 2.85 bits per heavy atom. The van der Waals surface area contributed by atoms with Gasteiger partial charge in [0.15, 0.2) is 0 Å². The molecule has 5 nitrogen and oxygen atoms in total. The second-order valence-electron chi connectivity index (χ2n) is 4.60. The minimum Gasteiger partial charge on any atom is -0.368 e. The van der Waals surface area contributed by atoms with Crippen LogP contribution < -0.4 is 11.1 Å². The highest BCUT2D eigenvalue weighted by Gasteiger charge is 2.06. The Labute approximate surface area is 116 Å². The summed E-state index contributed by atoms with van der Waals surface area (Å²) in [5, 5.41) is 4.28. The largest absolute Gasteiger partial charge is 0.368 e. The monoisotopic (exact) mass is 265 g/mol. The Morgan fingerprint density at radius 2 is 2.00 bits per heavy atom. The summed E-state index contributed by atoms with van der Waals surface area (Å²) in [7, 11) is 0. The third kappa shape index (κ3) is 2.38. The molecular formula is C15H15N5. The van der Waals surface area contributed by atoms with Crippen molar-refractivity contribution in [2.24, 2.45) is 0 Å². The van der Waals surface area contributed by atoms with Crippen molar-refractivity contribution in [3.63, 3.8) is 0 Å². The molecule has 0 aliphatic heterocycles. The fraction of sp³-hybridized carbons (Fsp3) is 0.133. The molecule has 0 saturated heterocycles. The summed E-state index contributed by atoms with van der Waals surface area (Å²) in [6, 6.07) is 9.79. The summed E-state index contributed by atoms with van der Waals surface area (Å²) in [5.41, 5.74) is 8.91. The van der Waals surface area contributed by atoms with E-state index >= 15 is 0 Å². The van der Waals surface area contributed by atoms with Gasteiger partial charge in [-0.1, -0.05) is 12.1 Å². The van der Waals surface area contributed by atoms with E-state index in [0.717, 1.165) is 22.3 Å². The van der Waals surface area contributed by atoms with Crippen molar-refractivity contribution >= 4 is 22.7 Å². The first-order chi connectivity index (χ1) is 9.74. The molecule has 0 aliphatic rings. The summed E-state index contributed by atoms with van der Waals surface area (Å²) in [6.07, 6.45) is 3.64. The summed E-state index contributed by atoms with van der Waals surface area (Å²) in [4.78, 5) is 12.6. The van der Waals surface area contributed by atoms with Crippen molar-refractivity contribution in [1.82, 2.24) is 15.0 Å². The molecule has 0 unspecified atom stereocenters. The number of aromatic nitrogens is 3. The van der Waals surface area contributed by atoms with Gasteiger partial charge in [-0.05, 0) is 36.2 Å². The lowest BCUT2D eigenvalue weighted by Gasteiger charge is -2.10. The highest BCUT2D eigenvalue weighted by atomic mass is 15.1. The van der Waals surface area contributed by atoms with Gasteiger partial charge >= 0.3 is 0 Å². The standard InChI is InChI=1S/C15H15N5/c1-10-6-7-17-8-11(10)9-18-14-12-4-2-3-5-13(12)19-15(16)20-14/h2-8H,9H2,1H3,(H3,16,18,19,20). The van der Waals surface area contributed by atoms with Crippen molar-refractivity contribution in [3.05, 3.63) is 53.9 Å². The first-order valence-electron chi connectivity index (χ1n) is 6.39. The van der Waals surface area contributed by atoms with Crippen LogP contribution in [0.4, 0.5) is 11.8 Å². The van der Waals surface area contributed by atoms with Crippen LogP contribution in [-0.2, 0) is 6.54 Å². The van der Waals surface area contributed by atoms with Crippen molar-refractivity contribution in [2.45, 2.75) is 13.5 Å². The van der Waals surface area contributed by atoms with Crippen molar-refractivity contribution in [1.29, 1.82) is 0 Å². The summed E-state index contributed by atoms with van der Waals surface area (Å²) >= 11 is 0. The lowest BCUT2D eigenvalue weighted by atomic mass is 10.1. The average Bonchev–Trinajstić information content (AvgIpc) is 2.46. The van der Waals surface area contributed by atoms with Gasteiger partial charge in [0.2, 0.25) is 5.95 Å². The molecule has 0 saturated carbocycles. The van der Waals surface area contributed by atoms with E-state index in [1.165, 1.54) is 5.56 Å². The minimum absolute atomic E-state index is 0.272. The SMILES string of the molecule is Cc1ccncc1CNc1nc(N)nc2ccccc12. The number of pyridine rings is 1. The van der Waals surface area contributed by atoms with Crippen LogP contribution in [0, 0.1) is 6.92 Å². The number of nitrogen functional groups attached to an aromatic ring is 1. The van der Waals surface area contributed by atoms with E-state index in [0.29, 0.717) is 6.54 Å². The number of nitrogens with two attached hydrogens (primary N) is 1. The fourth-order valence-electron chi connectivity index (χ4n) is 2.09. The van der Waals surface area contributed by atoms with Crippen molar-refractivity contribution < 1.29 is 0 Å².